The van der Waals surface area contributed by atoms with Crippen molar-refractivity contribution in [3.63, 3.8) is 0 Å². The predicted octanol–water partition coefficient (Wildman–Crippen LogP) is 4.07. The quantitative estimate of drug-likeness (QED) is 0.398. The van der Waals surface area contributed by atoms with Crippen LogP contribution in [0.15, 0.2) is 64.8 Å². The predicted molar refractivity (Wildman–Crippen MR) is 123 cm³/mol. The lowest BCUT2D eigenvalue weighted by atomic mass is 10.00. The molecule has 1 aromatic heterocycles. The third-order valence-corrected chi connectivity index (χ3v) is 6.29. The first-order valence-corrected chi connectivity index (χ1v) is 11.3. The summed E-state index contributed by atoms with van der Waals surface area (Å²) < 4.78 is 45.4. The molecule has 3 aromatic rings. The second-order valence-electron chi connectivity index (χ2n) is 8.65. The van der Waals surface area contributed by atoms with Crippen molar-refractivity contribution in [1.29, 1.82) is 0 Å². The van der Waals surface area contributed by atoms with Crippen LogP contribution in [0.4, 0.5) is 13.2 Å². The highest BCUT2D eigenvalue weighted by molar-refractivity contribution is 5.97. The second kappa shape index (κ2) is 9.48. The van der Waals surface area contributed by atoms with Crippen molar-refractivity contribution in [2.24, 2.45) is 5.92 Å². The van der Waals surface area contributed by atoms with Crippen LogP contribution in [0.1, 0.15) is 22.3 Å². The molecule has 2 aliphatic rings. The van der Waals surface area contributed by atoms with E-state index in [1.165, 1.54) is 30.3 Å². The highest BCUT2D eigenvalue weighted by atomic mass is 19.4. The van der Waals surface area contributed by atoms with E-state index in [2.05, 4.69) is 15.1 Å². The maximum absolute atomic E-state index is 13.0. The van der Waals surface area contributed by atoms with Gasteiger partial charge in [-0.3, -0.25) is 9.59 Å². The van der Waals surface area contributed by atoms with E-state index in [1.807, 2.05) is 6.08 Å². The highest BCUT2D eigenvalue weighted by Gasteiger charge is 2.33. The van der Waals surface area contributed by atoms with Gasteiger partial charge in [0.2, 0.25) is 5.91 Å². The minimum absolute atomic E-state index is 0.0867. The van der Waals surface area contributed by atoms with Gasteiger partial charge in [0.05, 0.1) is 0 Å². The van der Waals surface area contributed by atoms with Gasteiger partial charge in [-0.1, -0.05) is 18.2 Å². The van der Waals surface area contributed by atoms with Gasteiger partial charge in [0.25, 0.3) is 5.91 Å². The van der Waals surface area contributed by atoms with Crippen LogP contribution in [0.2, 0.25) is 0 Å². The lowest BCUT2D eigenvalue weighted by Crippen LogP contribution is -2.32. The van der Waals surface area contributed by atoms with Crippen molar-refractivity contribution in [1.82, 2.24) is 20.1 Å². The van der Waals surface area contributed by atoms with E-state index in [9.17, 15) is 22.8 Å². The number of amides is 2. The number of nitrogens with zero attached hydrogens (tertiary/aromatic N) is 4. The molecule has 3 heterocycles. The van der Waals surface area contributed by atoms with Crippen LogP contribution < -0.4 is 4.74 Å². The minimum Gasteiger partial charge on any atom is -0.406 e. The van der Waals surface area contributed by atoms with Crippen molar-refractivity contribution >= 4 is 28.9 Å². The third-order valence-electron chi connectivity index (χ3n) is 6.29. The van der Waals surface area contributed by atoms with E-state index in [4.69, 9.17) is 4.63 Å². The van der Waals surface area contributed by atoms with Crippen molar-refractivity contribution in [2.75, 3.05) is 26.2 Å². The molecule has 2 aromatic carbocycles. The molecular formula is C25H21F3N4O4. The fourth-order valence-electron chi connectivity index (χ4n) is 4.44. The van der Waals surface area contributed by atoms with Crippen LogP contribution in [0, 0.1) is 5.92 Å². The molecule has 1 saturated heterocycles. The summed E-state index contributed by atoms with van der Waals surface area (Å²) in [6.45, 7) is 2.03. The summed E-state index contributed by atoms with van der Waals surface area (Å²) in [6.07, 6.45) is 0.945. The molecule has 0 N–H and O–H groups in total. The normalized spacial score (nSPS) is 18.3. The highest BCUT2D eigenvalue weighted by Crippen LogP contribution is 2.30. The van der Waals surface area contributed by atoms with Crippen molar-refractivity contribution < 1.29 is 32.1 Å². The average Bonchev–Trinajstić information content (AvgIpc) is 3.44. The molecule has 186 valence electrons. The molecule has 11 heteroatoms. The summed E-state index contributed by atoms with van der Waals surface area (Å²) in [5.41, 5.74) is 3.35. The number of hydrogen-bond donors (Lipinski definition) is 0. The van der Waals surface area contributed by atoms with Gasteiger partial charge in [-0.15, -0.1) is 13.2 Å². The number of fused-ring (bicyclic) bond motifs is 2. The Morgan fingerprint density at radius 3 is 2.61 bits per heavy atom. The Kier molecular flexibility index (Phi) is 6.21. The van der Waals surface area contributed by atoms with Gasteiger partial charge in [-0.2, -0.15) is 0 Å². The van der Waals surface area contributed by atoms with Crippen LogP contribution in [-0.2, 0) is 4.79 Å². The number of aromatic nitrogens is 2. The fourth-order valence-corrected chi connectivity index (χ4v) is 4.44. The fraction of sp³-hybridized carbons (Fsp3) is 0.280. The van der Waals surface area contributed by atoms with Crippen LogP contribution in [0.5, 0.6) is 5.75 Å². The summed E-state index contributed by atoms with van der Waals surface area (Å²) in [6, 6.07) is 10.4. The Morgan fingerprint density at radius 2 is 1.83 bits per heavy atom. The summed E-state index contributed by atoms with van der Waals surface area (Å²) >= 11 is 0. The zero-order valence-corrected chi connectivity index (χ0v) is 18.9. The zero-order valence-electron chi connectivity index (χ0n) is 18.9. The maximum Gasteiger partial charge on any atom is 0.573 e. The zero-order chi connectivity index (χ0) is 25.3. The standard InChI is InChI=1S/C25H21F3N4O4/c26-25(27,28)35-20-5-1-16(2-6-20)3-8-23(33)31-11-9-18-14-32(15-19(18)10-12-31)24(34)17-4-7-21-22(13-17)30-36-29-21/h1-9,13,19H,10-12,14-15H2/t19-/m1/s1. The van der Waals surface area contributed by atoms with Crippen LogP contribution >= 0.6 is 0 Å². The molecule has 36 heavy (non-hydrogen) atoms. The molecule has 2 aliphatic heterocycles. The van der Waals surface area contributed by atoms with Crippen molar-refractivity contribution in [2.45, 2.75) is 12.8 Å². The first-order chi connectivity index (χ1) is 17.2. The Bertz CT molecular complexity index is 1350. The number of alkyl halides is 3. The third kappa shape index (κ3) is 5.24. The molecule has 5 rings (SSSR count). The topological polar surface area (TPSA) is 88.8 Å². The molecule has 0 unspecified atom stereocenters. The lowest BCUT2D eigenvalue weighted by Gasteiger charge is -2.20. The number of hydrogen-bond acceptors (Lipinski definition) is 6. The van der Waals surface area contributed by atoms with Crippen LogP contribution in [0.25, 0.3) is 17.1 Å². The molecule has 8 nitrogen and oxygen atoms in total. The Labute approximate surface area is 203 Å². The second-order valence-corrected chi connectivity index (χ2v) is 8.65. The maximum atomic E-state index is 13.0. The molecule has 0 radical (unpaired) electrons. The van der Waals surface area contributed by atoms with Crippen LogP contribution in [0.3, 0.4) is 0 Å². The summed E-state index contributed by atoms with van der Waals surface area (Å²) in [5.74, 6) is -0.421. The molecule has 0 spiro atoms. The van der Waals surface area contributed by atoms with Crippen LogP contribution in [-0.4, -0.2) is 64.5 Å². The number of rotatable bonds is 4. The average molecular weight is 498 g/mol. The molecule has 0 saturated carbocycles. The summed E-state index contributed by atoms with van der Waals surface area (Å²) in [7, 11) is 0. The van der Waals surface area contributed by atoms with Gasteiger partial charge in [-0.05, 0) is 64.3 Å². The number of benzene rings is 2. The summed E-state index contributed by atoms with van der Waals surface area (Å²) in [4.78, 5) is 29.2. The number of carbonyl (C=O) groups excluding carboxylic acids is 2. The molecule has 0 bridgehead atoms. The van der Waals surface area contributed by atoms with E-state index in [0.29, 0.717) is 48.3 Å². The monoisotopic (exact) mass is 498 g/mol. The van der Waals surface area contributed by atoms with Gasteiger partial charge < -0.3 is 14.5 Å². The summed E-state index contributed by atoms with van der Waals surface area (Å²) in [5, 5.41) is 7.54. The van der Waals surface area contributed by atoms with Gasteiger partial charge in [-0.25, -0.2) is 4.63 Å². The first kappa shape index (κ1) is 23.6. The van der Waals surface area contributed by atoms with Gasteiger partial charge >= 0.3 is 6.36 Å². The van der Waals surface area contributed by atoms with E-state index < -0.39 is 6.36 Å². The van der Waals surface area contributed by atoms with E-state index in [0.717, 1.165) is 12.0 Å². The van der Waals surface area contributed by atoms with E-state index in [-0.39, 0.29) is 23.5 Å². The number of carbonyl (C=O) groups is 2. The number of halogens is 3. The molecule has 0 aliphatic carbocycles. The largest absolute Gasteiger partial charge is 0.573 e. The molecule has 2 amide bonds. The SMILES string of the molecule is O=C(C=Cc1ccc(OC(F)(F)F)cc1)N1CC=C2CN(C(=O)c3ccc4nonc4c3)C[C@H]2CC1. The van der Waals surface area contributed by atoms with Crippen molar-refractivity contribution in [3.05, 3.63) is 71.3 Å². The molecular weight excluding hydrogens is 477 g/mol. The Balaban J connectivity index is 1.18. The smallest absolute Gasteiger partial charge is 0.406 e. The Hall–Kier alpha value is -4.15. The van der Waals surface area contributed by atoms with Gasteiger partial charge in [0.15, 0.2) is 0 Å². The Morgan fingerprint density at radius 1 is 1.06 bits per heavy atom. The van der Waals surface area contributed by atoms with Gasteiger partial charge in [0.1, 0.15) is 16.8 Å². The van der Waals surface area contributed by atoms with E-state index >= 15 is 0 Å². The van der Waals surface area contributed by atoms with E-state index in [1.54, 1.807) is 34.1 Å². The number of ether oxygens (including phenoxy) is 1. The minimum atomic E-state index is -4.75. The molecule has 1 atom stereocenters. The lowest BCUT2D eigenvalue weighted by molar-refractivity contribution is -0.274. The first-order valence-electron chi connectivity index (χ1n) is 11.3. The number of likely N-dealkylation sites (tertiary alicyclic amines) is 1. The molecule has 1 fully saturated rings. The van der Waals surface area contributed by atoms with Crippen molar-refractivity contribution in [3.8, 4) is 5.75 Å². The van der Waals surface area contributed by atoms with Gasteiger partial charge in [0, 0.05) is 43.7 Å².